The molecule has 0 aliphatic heterocycles. The van der Waals surface area contributed by atoms with Gasteiger partial charge in [0.05, 0.1) is 6.61 Å². The van der Waals surface area contributed by atoms with Gasteiger partial charge in [0.15, 0.2) is 0 Å². The second-order valence-corrected chi connectivity index (χ2v) is 2.45. The van der Waals surface area contributed by atoms with Crippen molar-refractivity contribution in [2.45, 2.75) is 27.2 Å². The van der Waals surface area contributed by atoms with Gasteiger partial charge in [0.25, 0.3) is 0 Å². The molecule has 0 aromatic heterocycles. The first kappa shape index (κ1) is 11.0. The third-order valence-corrected chi connectivity index (χ3v) is 1.05. The number of hydrogen-bond donors (Lipinski definition) is 0. The van der Waals surface area contributed by atoms with Crippen molar-refractivity contribution in [3.63, 3.8) is 0 Å². The summed E-state index contributed by atoms with van der Waals surface area (Å²) in [5.74, 6) is 0.944. The molecule has 12 heavy (non-hydrogen) atoms. The van der Waals surface area contributed by atoms with Crippen LogP contribution < -0.4 is 4.74 Å². The molecule has 0 atom stereocenters. The van der Waals surface area contributed by atoms with Crippen molar-refractivity contribution in [3.8, 4) is 5.75 Å². The zero-order valence-electron chi connectivity index (χ0n) is 8.21. The molecule has 0 heterocycles. The predicted octanol–water partition coefficient (Wildman–Crippen LogP) is 3.50. The van der Waals surface area contributed by atoms with Gasteiger partial charge in [0.2, 0.25) is 0 Å². The van der Waals surface area contributed by atoms with Gasteiger partial charge in [0, 0.05) is 0 Å². The Kier molecular flexibility index (Phi) is 7.46. The summed E-state index contributed by atoms with van der Waals surface area (Å²) in [7, 11) is 0. The van der Waals surface area contributed by atoms with Crippen molar-refractivity contribution in [2.75, 3.05) is 6.61 Å². The number of ether oxygens (including phenoxy) is 1. The molecule has 1 aromatic carbocycles. The van der Waals surface area contributed by atoms with Gasteiger partial charge in [0.1, 0.15) is 5.75 Å². The van der Waals surface area contributed by atoms with E-state index < -0.39 is 0 Å². The Labute approximate surface area is 75.4 Å². The van der Waals surface area contributed by atoms with Crippen molar-refractivity contribution in [1.29, 1.82) is 0 Å². The molecular formula is C11H18O. The first-order valence-electron chi connectivity index (χ1n) is 4.52. The largest absolute Gasteiger partial charge is 0.494 e. The van der Waals surface area contributed by atoms with E-state index in [0.717, 1.165) is 12.4 Å². The van der Waals surface area contributed by atoms with Crippen LogP contribution in [-0.2, 0) is 0 Å². The molecule has 0 radical (unpaired) electrons. The molecule has 0 spiro atoms. The van der Waals surface area contributed by atoms with E-state index in [-0.39, 0.29) is 0 Å². The maximum absolute atomic E-state index is 5.21. The maximum Gasteiger partial charge on any atom is 0.119 e. The van der Waals surface area contributed by atoms with Gasteiger partial charge >= 0.3 is 0 Å². The van der Waals surface area contributed by atoms with Crippen LogP contribution in [0.1, 0.15) is 27.2 Å². The van der Waals surface area contributed by atoms with Crippen LogP contribution in [0.2, 0.25) is 0 Å². The SMILES string of the molecule is CCC.CCOc1ccccc1. The van der Waals surface area contributed by atoms with Crippen LogP contribution in [-0.4, -0.2) is 6.61 Å². The number of hydrogen-bond acceptors (Lipinski definition) is 1. The summed E-state index contributed by atoms with van der Waals surface area (Å²) in [6.07, 6.45) is 1.25. The van der Waals surface area contributed by atoms with E-state index in [1.54, 1.807) is 0 Å². The van der Waals surface area contributed by atoms with E-state index in [9.17, 15) is 0 Å². The number of rotatable bonds is 2. The Morgan fingerprint density at radius 1 is 1.00 bits per heavy atom. The molecule has 0 bridgehead atoms. The molecule has 0 aliphatic rings. The maximum atomic E-state index is 5.21. The lowest BCUT2D eigenvalue weighted by Gasteiger charge is -1.99. The average molecular weight is 166 g/mol. The second kappa shape index (κ2) is 8.12. The lowest BCUT2D eigenvalue weighted by molar-refractivity contribution is 0.340. The Morgan fingerprint density at radius 2 is 1.50 bits per heavy atom. The van der Waals surface area contributed by atoms with Crippen LogP contribution in [0.5, 0.6) is 5.75 Å². The fraction of sp³-hybridized carbons (Fsp3) is 0.455. The van der Waals surface area contributed by atoms with Gasteiger partial charge in [-0.05, 0) is 19.1 Å². The fourth-order valence-electron chi connectivity index (χ4n) is 0.683. The average Bonchev–Trinajstić information content (AvgIpc) is 2.08. The first-order chi connectivity index (χ1) is 5.85. The van der Waals surface area contributed by atoms with Gasteiger partial charge in [-0.15, -0.1) is 0 Å². The van der Waals surface area contributed by atoms with Gasteiger partial charge in [-0.25, -0.2) is 0 Å². The van der Waals surface area contributed by atoms with Crippen LogP contribution >= 0.6 is 0 Å². The van der Waals surface area contributed by atoms with E-state index in [4.69, 9.17) is 4.74 Å². The van der Waals surface area contributed by atoms with Gasteiger partial charge < -0.3 is 4.74 Å². The number of benzene rings is 1. The Hall–Kier alpha value is -0.980. The van der Waals surface area contributed by atoms with Gasteiger partial charge in [-0.1, -0.05) is 38.5 Å². The summed E-state index contributed by atoms with van der Waals surface area (Å²) in [5, 5.41) is 0. The van der Waals surface area contributed by atoms with Crippen LogP contribution in [0.15, 0.2) is 30.3 Å². The van der Waals surface area contributed by atoms with Crippen LogP contribution in [0.3, 0.4) is 0 Å². The van der Waals surface area contributed by atoms with Crippen molar-refractivity contribution in [3.05, 3.63) is 30.3 Å². The molecule has 0 fully saturated rings. The zero-order chi connectivity index (χ0) is 9.23. The summed E-state index contributed by atoms with van der Waals surface area (Å²) in [4.78, 5) is 0. The number of para-hydroxylation sites is 1. The normalized spacial score (nSPS) is 8.25. The molecule has 1 heteroatoms. The quantitative estimate of drug-likeness (QED) is 0.653. The van der Waals surface area contributed by atoms with E-state index in [1.165, 1.54) is 6.42 Å². The Bertz CT molecular complexity index is 170. The Balaban J connectivity index is 0.000000354. The molecule has 1 aromatic rings. The van der Waals surface area contributed by atoms with Crippen molar-refractivity contribution < 1.29 is 4.74 Å². The summed E-state index contributed by atoms with van der Waals surface area (Å²) in [6, 6.07) is 9.80. The van der Waals surface area contributed by atoms with Crippen LogP contribution in [0.4, 0.5) is 0 Å². The minimum atomic E-state index is 0.740. The predicted molar refractivity (Wildman–Crippen MR) is 53.6 cm³/mol. The first-order valence-corrected chi connectivity index (χ1v) is 4.52. The van der Waals surface area contributed by atoms with E-state index >= 15 is 0 Å². The molecule has 0 saturated carbocycles. The third-order valence-electron chi connectivity index (χ3n) is 1.05. The highest BCUT2D eigenvalue weighted by atomic mass is 16.5. The molecule has 68 valence electrons. The lowest BCUT2D eigenvalue weighted by atomic mass is 10.3. The molecule has 1 rings (SSSR count). The summed E-state index contributed by atoms with van der Waals surface area (Å²) in [5.41, 5.74) is 0. The summed E-state index contributed by atoms with van der Waals surface area (Å²) in [6.45, 7) is 6.97. The Morgan fingerprint density at radius 3 is 1.92 bits per heavy atom. The van der Waals surface area contributed by atoms with Crippen molar-refractivity contribution in [2.24, 2.45) is 0 Å². The molecular weight excluding hydrogens is 148 g/mol. The summed E-state index contributed by atoms with van der Waals surface area (Å²) < 4.78 is 5.21. The molecule has 0 unspecified atom stereocenters. The lowest BCUT2D eigenvalue weighted by Crippen LogP contribution is -1.89. The van der Waals surface area contributed by atoms with E-state index in [2.05, 4.69) is 13.8 Å². The van der Waals surface area contributed by atoms with Gasteiger partial charge in [-0.3, -0.25) is 0 Å². The smallest absolute Gasteiger partial charge is 0.119 e. The molecule has 0 amide bonds. The topological polar surface area (TPSA) is 9.23 Å². The fourth-order valence-corrected chi connectivity index (χ4v) is 0.683. The highest BCUT2D eigenvalue weighted by Crippen LogP contribution is 2.06. The monoisotopic (exact) mass is 166 g/mol. The minimum Gasteiger partial charge on any atom is -0.494 e. The summed E-state index contributed by atoms with van der Waals surface area (Å²) >= 11 is 0. The standard InChI is InChI=1S/C8H10O.C3H8/c1-2-9-8-6-4-3-5-7-8;1-3-2/h3-7H,2H2,1H3;3H2,1-2H3. The molecule has 0 saturated heterocycles. The highest BCUT2D eigenvalue weighted by Gasteiger charge is 1.83. The van der Waals surface area contributed by atoms with Crippen molar-refractivity contribution >= 4 is 0 Å². The van der Waals surface area contributed by atoms with E-state index in [0.29, 0.717) is 0 Å². The molecule has 0 aliphatic carbocycles. The van der Waals surface area contributed by atoms with Crippen molar-refractivity contribution in [1.82, 2.24) is 0 Å². The zero-order valence-corrected chi connectivity index (χ0v) is 8.21. The van der Waals surface area contributed by atoms with Crippen LogP contribution in [0.25, 0.3) is 0 Å². The molecule has 1 nitrogen and oxygen atoms in total. The minimum absolute atomic E-state index is 0.740. The molecule has 0 N–H and O–H groups in total. The van der Waals surface area contributed by atoms with E-state index in [1.807, 2.05) is 37.3 Å². The van der Waals surface area contributed by atoms with Gasteiger partial charge in [-0.2, -0.15) is 0 Å². The third kappa shape index (κ3) is 5.78. The highest BCUT2D eigenvalue weighted by molar-refractivity contribution is 5.20. The second-order valence-electron chi connectivity index (χ2n) is 2.45. The van der Waals surface area contributed by atoms with Crippen LogP contribution in [0, 0.1) is 0 Å².